The van der Waals surface area contributed by atoms with Gasteiger partial charge < -0.3 is 24.4 Å². The third-order valence-corrected chi connectivity index (χ3v) is 5.07. The van der Waals surface area contributed by atoms with Crippen LogP contribution >= 0.6 is 0 Å². The van der Waals surface area contributed by atoms with Crippen molar-refractivity contribution in [1.29, 1.82) is 0 Å². The Kier molecular flexibility index (Phi) is 6.48. The van der Waals surface area contributed by atoms with Crippen molar-refractivity contribution < 1.29 is 23.8 Å². The molecule has 0 saturated heterocycles. The molecular formula is C24H26N4O5. The van der Waals surface area contributed by atoms with Crippen LogP contribution in [0.4, 0.5) is 5.69 Å². The van der Waals surface area contributed by atoms with Gasteiger partial charge in [0.15, 0.2) is 18.1 Å². The van der Waals surface area contributed by atoms with E-state index in [2.05, 4.69) is 10.4 Å². The van der Waals surface area contributed by atoms with Crippen molar-refractivity contribution in [1.82, 2.24) is 14.7 Å². The number of amides is 2. The van der Waals surface area contributed by atoms with E-state index in [1.54, 1.807) is 56.3 Å². The maximum absolute atomic E-state index is 13.0. The minimum Gasteiger partial charge on any atom is -0.490 e. The largest absolute Gasteiger partial charge is 0.490 e. The second-order valence-corrected chi connectivity index (χ2v) is 7.83. The molecule has 0 bridgehead atoms. The van der Waals surface area contributed by atoms with Crippen LogP contribution in [0.15, 0.2) is 48.7 Å². The SMILES string of the molecule is CN(C)C(=O)COc1ccc(NC(=O)c2cn(C)nc2-c2ccc3c(c2)OCCCO3)cc1. The predicted octanol–water partition coefficient (Wildman–Crippen LogP) is 2.97. The van der Waals surface area contributed by atoms with E-state index < -0.39 is 0 Å². The van der Waals surface area contributed by atoms with E-state index in [4.69, 9.17) is 14.2 Å². The first-order chi connectivity index (χ1) is 15.9. The van der Waals surface area contributed by atoms with Gasteiger partial charge in [0.1, 0.15) is 11.4 Å². The van der Waals surface area contributed by atoms with Crippen LogP contribution in [0.25, 0.3) is 11.3 Å². The molecule has 2 amide bonds. The number of rotatable bonds is 6. The van der Waals surface area contributed by atoms with Gasteiger partial charge in [-0.25, -0.2) is 0 Å². The van der Waals surface area contributed by atoms with Gasteiger partial charge in [0.2, 0.25) is 0 Å². The Hall–Kier alpha value is -4.01. The van der Waals surface area contributed by atoms with E-state index >= 15 is 0 Å². The van der Waals surface area contributed by atoms with Crippen LogP contribution in [0.5, 0.6) is 17.2 Å². The first-order valence-electron chi connectivity index (χ1n) is 10.6. The number of likely N-dealkylation sites (N-methyl/N-ethyl adjacent to an activating group) is 1. The second kappa shape index (κ2) is 9.64. The lowest BCUT2D eigenvalue weighted by molar-refractivity contribution is -0.130. The molecule has 3 aromatic rings. The third-order valence-electron chi connectivity index (χ3n) is 5.07. The van der Waals surface area contributed by atoms with Crippen molar-refractivity contribution in [2.24, 2.45) is 7.05 Å². The molecule has 0 saturated carbocycles. The van der Waals surface area contributed by atoms with E-state index in [-0.39, 0.29) is 18.4 Å². The van der Waals surface area contributed by atoms with Crippen LogP contribution in [0, 0.1) is 0 Å². The average Bonchev–Trinajstić information content (AvgIpc) is 3.05. The first kappa shape index (κ1) is 22.2. The zero-order valence-electron chi connectivity index (χ0n) is 18.8. The number of hydrogen-bond acceptors (Lipinski definition) is 6. The summed E-state index contributed by atoms with van der Waals surface area (Å²) < 4.78 is 18.5. The van der Waals surface area contributed by atoms with Crippen LogP contribution in [0.3, 0.4) is 0 Å². The Morgan fingerprint density at radius 1 is 1.09 bits per heavy atom. The number of hydrogen-bond donors (Lipinski definition) is 1. The van der Waals surface area contributed by atoms with Crippen molar-refractivity contribution in [2.75, 3.05) is 39.2 Å². The highest BCUT2D eigenvalue weighted by molar-refractivity contribution is 6.08. The van der Waals surface area contributed by atoms with Crippen molar-refractivity contribution in [3.05, 3.63) is 54.2 Å². The van der Waals surface area contributed by atoms with E-state index in [1.807, 2.05) is 18.2 Å². The average molecular weight is 450 g/mol. The van der Waals surface area contributed by atoms with Crippen LogP contribution in [-0.4, -0.2) is 60.4 Å². The van der Waals surface area contributed by atoms with Crippen LogP contribution in [0.1, 0.15) is 16.8 Å². The number of ether oxygens (including phenoxy) is 3. The first-order valence-corrected chi connectivity index (χ1v) is 10.6. The van der Waals surface area contributed by atoms with Gasteiger partial charge in [0, 0.05) is 45.0 Å². The van der Waals surface area contributed by atoms with Gasteiger partial charge in [-0.05, 0) is 42.5 Å². The lowest BCUT2D eigenvalue weighted by Gasteiger charge is -2.12. The zero-order valence-corrected chi connectivity index (χ0v) is 18.8. The van der Waals surface area contributed by atoms with Crippen LogP contribution in [-0.2, 0) is 11.8 Å². The number of nitrogens with zero attached hydrogens (tertiary/aromatic N) is 3. The van der Waals surface area contributed by atoms with E-state index in [1.165, 1.54) is 4.90 Å². The predicted molar refractivity (Wildman–Crippen MR) is 123 cm³/mol. The number of benzene rings is 2. The Morgan fingerprint density at radius 3 is 2.55 bits per heavy atom. The molecule has 9 heteroatoms. The number of nitrogens with one attached hydrogen (secondary N) is 1. The maximum atomic E-state index is 13.0. The number of aromatic nitrogens is 2. The standard InChI is InChI=1S/C24H26N4O5/c1-27(2)22(29)15-33-18-8-6-17(7-9-18)25-24(30)19-14-28(3)26-23(19)16-5-10-20-21(13-16)32-12-4-11-31-20/h5-10,13-14H,4,11-12,15H2,1-3H3,(H,25,30). The summed E-state index contributed by atoms with van der Waals surface area (Å²) in [6, 6.07) is 12.4. The quantitative estimate of drug-likeness (QED) is 0.621. The summed E-state index contributed by atoms with van der Waals surface area (Å²) in [6.07, 6.45) is 2.50. The summed E-state index contributed by atoms with van der Waals surface area (Å²) in [5.74, 6) is 1.45. The minimum atomic E-state index is -0.290. The molecule has 2 aromatic carbocycles. The molecule has 0 spiro atoms. The topological polar surface area (TPSA) is 94.9 Å². The highest BCUT2D eigenvalue weighted by atomic mass is 16.5. The molecule has 1 aliphatic rings. The molecule has 0 radical (unpaired) electrons. The molecule has 4 rings (SSSR count). The van der Waals surface area contributed by atoms with Crippen molar-refractivity contribution in [3.63, 3.8) is 0 Å². The smallest absolute Gasteiger partial charge is 0.259 e. The van der Waals surface area contributed by atoms with Crippen LogP contribution < -0.4 is 19.5 Å². The van der Waals surface area contributed by atoms with Gasteiger partial charge in [-0.2, -0.15) is 5.10 Å². The number of carbonyl (C=O) groups excluding carboxylic acids is 2. The lowest BCUT2D eigenvalue weighted by Crippen LogP contribution is -2.27. The molecule has 9 nitrogen and oxygen atoms in total. The molecular weight excluding hydrogens is 424 g/mol. The molecule has 0 aliphatic carbocycles. The number of carbonyl (C=O) groups is 2. The normalized spacial score (nSPS) is 12.6. The van der Waals surface area contributed by atoms with Gasteiger partial charge >= 0.3 is 0 Å². The third kappa shape index (κ3) is 5.25. The van der Waals surface area contributed by atoms with Gasteiger partial charge in [-0.15, -0.1) is 0 Å². The Labute approximate surface area is 191 Å². The van der Waals surface area contributed by atoms with Crippen molar-refractivity contribution >= 4 is 17.5 Å². The van der Waals surface area contributed by atoms with Gasteiger partial charge in [0.05, 0.1) is 18.8 Å². The summed E-state index contributed by atoms with van der Waals surface area (Å²) in [7, 11) is 5.11. The Bertz CT molecular complexity index is 1150. The summed E-state index contributed by atoms with van der Waals surface area (Å²) in [4.78, 5) is 26.2. The summed E-state index contributed by atoms with van der Waals surface area (Å²) >= 11 is 0. The van der Waals surface area contributed by atoms with Gasteiger partial charge in [-0.3, -0.25) is 14.3 Å². The highest BCUT2D eigenvalue weighted by Gasteiger charge is 2.20. The van der Waals surface area contributed by atoms with Crippen LogP contribution in [0.2, 0.25) is 0 Å². The minimum absolute atomic E-state index is 0.0483. The number of anilines is 1. The fourth-order valence-corrected chi connectivity index (χ4v) is 3.29. The molecule has 0 unspecified atom stereocenters. The van der Waals surface area contributed by atoms with E-state index in [0.717, 1.165) is 12.0 Å². The van der Waals surface area contributed by atoms with E-state index in [9.17, 15) is 9.59 Å². The fraction of sp³-hybridized carbons (Fsp3) is 0.292. The molecule has 0 atom stereocenters. The lowest BCUT2D eigenvalue weighted by atomic mass is 10.1. The molecule has 2 heterocycles. The molecule has 1 aromatic heterocycles. The molecule has 33 heavy (non-hydrogen) atoms. The van der Waals surface area contributed by atoms with E-state index in [0.29, 0.717) is 47.4 Å². The molecule has 1 N–H and O–H groups in total. The fourth-order valence-electron chi connectivity index (χ4n) is 3.29. The van der Waals surface area contributed by atoms with Gasteiger partial charge in [0.25, 0.3) is 11.8 Å². The summed E-state index contributed by atoms with van der Waals surface area (Å²) in [6.45, 7) is 1.14. The number of aryl methyl sites for hydroxylation is 1. The Balaban J connectivity index is 1.49. The van der Waals surface area contributed by atoms with Crippen molar-refractivity contribution in [3.8, 4) is 28.5 Å². The summed E-state index contributed by atoms with van der Waals surface area (Å²) in [5, 5.41) is 7.37. The Morgan fingerprint density at radius 2 is 1.82 bits per heavy atom. The molecule has 1 aliphatic heterocycles. The summed E-state index contributed by atoms with van der Waals surface area (Å²) in [5.41, 5.74) is 2.34. The molecule has 172 valence electrons. The maximum Gasteiger partial charge on any atom is 0.259 e. The second-order valence-electron chi connectivity index (χ2n) is 7.83. The van der Waals surface area contributed by atoms with Crippen molar-refractivity contribution in [2.45, 2.75) is 6.42 Å². The zero-order chi connectivity index (χ0) is 23.4. The highest BCUT2D eigenvalue weighted by Crippen LogP contribution is 2.35. The van der Waals surface area contributed by atoms with Gasteiger partial charge in [-0.1, -0.05) is 0 Å². The number of fused-ring (bicyclic) bond motifs is 1. The molecule has 0 fully saturated rings. The monoisotopic (exact) mass is 450 g/mol.